The summed E-state index contributed by atoms with van der Waals surface area (Å²) in [5.74, 6) is 0.847. The number of aromatic nitrogens is 1. The fourth-order valence-electron chi connectivity index (χ4n) is 2.76. The molecule has 3 aromatic rings. The van der Waals surface area contributed by atoms with Crippen molar-refractivity contribution in [2.45, 2.75) is 13.5 Å². The summed E-state index contributed by atoms with van der Waals surface area (Å²) in [6, 6.07) is 16.9. The number of amides is 1. The minimum absolute atomic E-state index is 0.313. The molecule has 0 atom stereocenters. The second kappa shape index (κ2) is 8.90. The van der Waals surface area contributed by atoms with Gasteiger partial charge in [0.2, 0.25) is 0 Å². The number of anilines is 2. The van der Waals surface area contributed by atoms with Gasteiger partial charge >= 0.3 is 0 Å². The summed E-state index contributed by atoms with van der Waals surface area (Å²) >= 11 is 0. The van der Waals surface area contributed by atoms with Crippen molar-refractivity contribution >= 4 is 17.3 Å². The van der Waals surface area contributed by atoms with Crippen LogP contribution in [0.25, 0.3) is 0 Å². The van der Waals surface area contributed by atoms with Crippen molar-refractivity contribution in [1.29, 1.82) is 0 Å². The van der Waals surface area contributed by atoms with Crippen LogP contribution in [0.2, 0.25) is 0 Å². The van der Waals surface area contributed by atoms with Gasteiger partial charge in [0.15, 0.2) is 0 Å². The smallest absolute Gasteiger partial charge is 0.274 e. The first-order valence-corrected chi connectivity index (χ1v) is 8.88. The number of pyridine rings is 1. The number of hydrogen-bond acceptors (Lipinski definition) is 5. The van der Waals surface area contributed by atoms with Crippen molar-refractivity contribution in [3.63, 3.8) is 0 Å². The zero-order valence-electron chi connectivity index (χ0n) is 16.2. The van der Waals surface area contributed by atoms with E-state index >= 15 is 0 Å². The third-order valence-electron chi connectivity index (χ3n) is 4.39. The molecule has 0 aliphatic carbocycles. The van der Waals surface area contributed by atoms with Crippen LogP contribution in [0.1, 0.15) is 21.6 Å². The molecule has 0 radical (unpaired) electrons. The molecule has 1 heterocycles. The standard InChI is InChI=1S/C22H23N3O3/c1-15-6-4-5-7-16(15)14-24-17-10-11-23-20(12-17)22(26)25-19-9-8-18(27-2)13-21(19)28-3/h4-13H,14H2,1-3H3,(H,23,24)(H,25,26). The van der Waals surface area contributed by atoms with Crippen LogP contribution in [-0.4, -0.2) is 25.1 Å². The lowest BCUT2D eigenvalue weighted by atomic mass is 10.1. The first-order chi connectivity index (χ1) is 13.6. The van der Waals surface area contributed by atoms with Crippen LogP contribution < -0.4 is 20.1 Å². The van der Waals surface area contributed by atoms with E-state index in [4.69, 9.17) is 9.47 Å². The Morgan fingerprint density at radius 2 is 1.86 bits per heavy atom. The van der Waals surface area contributed by atoms with E-state index in [1.807, 2.05) is 18.2 Å². The van der Waals surface area contributed by atoms with Crippen LogP contribution in [-0.2, 0) is 6.54 Å². The molecule has 28 heavy (non-hydrogen) atoms. The molecule has 0 aliphatic rings. The van der Waals surface area contributed by atoms with Gasteiger partial charge < -0.3 is 20.1 Å². The Morgan fingerprint density at radius 1 is 1.04 bits per heavy atom. The summed E-state index contributed by atoms with van der Waals surface area (Å²) in [6.45, 7) is 2.74. The Hall–Kier alpha value is -3.54. The van der Waals surface area contributed by atoms with Crippen molar-refractivity contribution in [1.82, 2.24) is 4.98 Å². The van der Waals surface area contributed by atoms with Gasteiger partial charge in [-0.15, -0.1) is 0 Å². The van der Waals surface area contributed by atoms with Crippen molar-refractivity contribution in [3.8, 4) is 11.5 Å². The number of carbonyl (C=O) groups excluding carboxylic acids is 1. The molecule has 6 nitrogen and oxygen atoms in total. The summed E-state index contributed by atoms with van der Waals surface area (Å²) < 4.78 is 10.5. The van der Waals surface area contributed by atoms with Gasteiger partial charge in [0, 0.05) is 24.5 Å². The molecule has 6 heteroatoms. The maximum atomic E-state index is 12.6. The maximum absolute atomic E-state index is 12.6. The number of methoxy groups -OCH3 is 2. The van der Waals surface area contributed by atoms with Gasteiger partial charge in [-0.1, -0.05) is 24.3 Å². The largest absolute Gasteiger partial charge is 0.497 e. The highest BCUT2D eigenvalue weighted by atomic mass is 16.5. The molecule has 0 saturated heterocycles. The van der Waals surface area contributed by atoms with E-state index in [2.05, 4.69) is 34.7 Å². The van der Waals surface area contributed by atoms with Crippen LogP contribution >= 0.6 is 0 Å². The summed E-state index contributed by atoms with van der Waals surface area (Å²) in [4.78, 5) is 16.8. The quantitative estimate of drug-likeness (QED) is 0.643. The number of ether oxygens (including phenoxy) is 2. The van der Waals surface area contributed by atoms with Gasteiger partial charge in [-0.2, -0.15) is 0 Å². The molecule has 3 rings (SSSR count). The molecular weight excluding hydrogens is 354 g/mol. The minimum Gasteiger partial charge on any atom is -0.497 e. The van der Waals surface area contributed by atoms with E-state index in [-0.39, 0.29) is 5.91 Å². The van der Waals surface area contributed by atoms with E-state index in [0.29, 0.717) is 29.4 Å². The van der Waals surface area contributed by atoms with Gasteiger partial charge in [-0.3, -0.25) is 9.78 Å². The minimum atomic E-state index is -0.317. The fourth-order valence-corrected chi connectivity index (χ4v) is 2.76. The normalized spacial score (nSPS) is 10.2. The van der Waals surface area contributed by atoms with Gasteiger partial charge in [0.1, 0.15) is 17.2 Å². The highest BCUT2D eigenvalue weighted by Crippen LogP contribution is 2.29. The molecule has 2 aromatic carbocycles. The molecule has 0 fully saturated rings. The Labute approximate surface area is 164 Å². The molecule has 0 bridgehead atoms. The predicted molar refractivity (Wildman–Crippen MR) is 110 cm³/mol. The zero-order chi connectivity index (χ0) is 19.9. The number of rotatable bonds is 7. The first kappa shape index (κ1) is 19.2. The average molecular weight is 377 g/mol. The molecule has 0 saturated carbocycles. The van der Waals surface area contributed by atoms with Gasteiger partial charge in [-0.25, -0.2) is 0 Å². The fraction of sp³-hybridized carbons (Fsp3) is 0.182. The van der Waals surface area contributed by atoms with Crippen LogP contribution in [0.4, 0.5) is 11.4 Å². The van der Waals surface area contributed by atoms with Crippen LogP contribution in [0.15, 0.2) is 60.8 Å². The first-order valence-electron chi connectivity index (χ1n) is 8.88. The third kappa shape index (κ3) is 4.59. The summed E-state index contributed by atoms with van der Waals surface area (Å²) in [7, 11) is 3.12. The summed E-state index contributed by atoms with van der Waals surface area (Å²) in [6.07, 6.45) is 1.61. The van der Waals surface area contributed by atoms with E-state index < -0.39 is 0 Å². The SMILES string of the molecule is COc1ccc(NC(=O)c2cc(NCc3ccccc3C)ccn2)c(OC)c1. The lowest BCUT2D eigenvalue weighted by Crippen LogP contribution is -2.14. The zero-order valence-corrected chi connectivity index (χ0v) is 16.2. The lowest BCUT2D eigenvalue weighted by Gasteiger charge is -2.12. The molecule has 0 aliphatic heterocycles. The Bertz CT molecular complexity index is 973. The molecule has 0 spiro atoms. The van der Waals surface area contributed by atoms with Crippen LogP contribution in [0.3, 0.4) is 0 Å². The maximum Gasteiger partial charge on any atom is 0.274 e. The number of aryl methyl sites for hydroxylation is 1. The van der Waals surface area contributed by atoms with Gasteiger partial charge in [0.05, 0.1) is 19.9 Å². The topological polar surface area (TPSA) is 72.5 Å². The Balaban J connectivity index is 1.71. The van der Waals surface area contributed by atoms with Gasteiger partial charge in [0.25, 0.3) is 5.91 Å². The monoisotopic (exact) mass is 377 g/mol. The molecule has 1 aromatic heterocycles. The Kier molecular flexibility index (Phi) is 6.11. The second-order valence-electron chi connectivity index (χ2n) is 6.23. The highest BCUT2D eigenvalue weighted by molar-refractivity contribution is 6.04. The molecule has 1 amide bonds. The molecule has 0 unspecified atom stereocenters. The molecule has 2 N–H and O–H groups in total. The van der Waals surface area contributed by atoms with Crippen molar-refractivity contribution in [3.05, 3.63) is 77.6 Å². The van der Waals surface area contributed by atoms with Crippen LogP contribution in [0.5, 0.6) is 11.5 Å². The van der Waals surface area contributed by atoms with Crippen molar-refractivity contribution < 1.29 is 14.3 Å². The number of hydrogen-bond donors (Lipinski definition) is 2. The molecule has 144 valence electrons. The van der Waals surface area contributed by atoms with Crippen LogP contribution in [0, 0.1) is 6.92 Å². The van der Waals surface area contributed by atoms with Crippen molar-refractivity contribution in [2.75, 3.05) is 24.9 Å². The summed E-state index contributed by atoms with van der Waals surface area (Å²) in [5.41, 5.74) is 4.10. The summed E-state index contributed by atoms with van der Waals surface area (Å²) in [5, 5.41) is 6.17. The average Bonchev–Trinajstić information content (AvgIpc) is 2.73. The predicted octanol–water partition coefficient (Wildman–Crippen LogP) is 4.27. The third-order valence-corrected chi connectivity index (χ3v) is 4.39. The van der Waals surface area contributed by atoms with E-state index in [1.165, 1.54) is 11.1 Å². The van der Waals surface area contributed by atoms with E-state index in [1.54, 1.807) is 44.7 Å². The molecular formula is C22H23N3O3. The number of benzene rings is 2. The Morgan fingerprint density at radius 3 is 2.61 bits per heavy atom. The van der Waals surface area contributed by atoms with Crippen molar-refractivity contribution in [2.24, 2.45) is 0 Å². The van der Waals surface area contributed by atoms with E-state index in [9.17, 15) is 4.79 Å². The number of carbonyl (C=O) groups is 1. The number of nitrogens with one attached hydrogen (secondary N) is 2. The van der Waals surface area contributed by atoms with E-state index in [0.717, 1.165) is 5.69 Å². The number of nitrogens with zero attached hydrogens (tertiary/aromatic N) is 1. The lowest BCUT2D eigenvalue weighted by molar-refractivity contribution is 0.102. The second-order valence-corrected chi connectivity index (χ2v) is 6.23. The highest BCUT2D eigenvalue weighted by Gasteiger charge is 2.12. The van der Waals surface area contributed by atoms with Gasteiger partial charge in [-0.05, 0) is 42.3 Å².